The van der Waals surface area contributed by atoms with E-state index in [0.29, 0.717) is 17.3 Å². The van der Waals surface area contributed by atoms with Crippen molar-refractivity contribution in [2.24, 2.45) is 52.3 Å². The van der Waals surface area contributed by atoms with Crippen LogP contribution in [0.3, 0.4) is 0 Å². The van der Waals surface area contributed by atoms with E-state index in [9.17, 15) is 4.79 Å². The summed E-state index contributed by atoms with van der Waals surface area (Å²) in [7, 11) is 0. The number of fused-ring (bicyclic) bond motifs is 5. The van der Waals surface area contributed by atoms with E-state index in [1.165, 1.54) is 135 Å². The number of carbonyl (C=O) groups excluding carboxylic acids is 1. The summed E-state index contributed by atoms with van der Waals surface area (Å²) in [5, 5.41) is 0. The second-order valence-electron chi connectivity index (χ2n) is 18.3. The molecule has 4 aliphatic carbocycles. The van der Waals surface area contributed by atoms with Gasteiger partial charge in [0.05, 0.1) is 0 Å². The second kappa shape index (κ2) is 19.0. The average molecular weight is 653 g/mol. The molecule has 0 N–H and O–H groups in total. The normalized spacial score (nSPS) is 33.1. The van der Waals surface area contributed by atoms with Gasteiger partial charge in [-0.3, -0.25) is 4.79 Å². The van der Waals surface area contributed by atoms with Crippen molar-refractivity contribution in [1.82, 2.24) is 0 Å². The van der Waals surface area contributed by atoms with Crippen molar-refractivity contribution in [3.05, 3.63) is 11.6 Å². The summed E-state index contributed by atoms with van der Waals surface area (Å²) in [5.74, 6) is 6.18. The number of esters is 1. The number of carbonyl (C=O) groups is 1. The van der Waals surface area contributed by atoms with Crippen LogP contribution in [0.5, 0.6) is 0 Å². The lowest BCUT2D eigenvalue weighted by atomic mass is 9.47. The third kappa shape index (κ3) is 10.1. The van der Waals surface area contributed by atoms with Gasteiger partial charge in [0.1, 0.15) is 6.10 Å². The zero-order valence-corrected chi connectivity index (χ0v) is 32.7. The van der Waals surface area contributed by atoms with Crippen molar-refractivity contribution in [1.29, 1.82) is 0 Å². The Kier molecular flexibility index (Phi) is 15.8. The van der Waals surface area contributed by atoms with Crippen LogP contribution in [-0.2, 0) is 9.53 Å². The minimum Gasteiger partial charge on any atom is -0.462 e. The fourth-order valence-corrected chi connectivity index (χ4v) is 11.9. The summed E-state index contributed by atoms with van der Waals surface area (Å²) in [6, 6.07) is 0. The fourth-order valence-electron chi connectivity index (χ4n) is 11.9. The maximum absolute atomic E-state index is 12.8. The Balaban J connectivity index is 1.16. The van der Waals surface area contributed by atoms with Crippen LogP contribution in [0.2, 0.25) is 0 Å². The van der Waals surface area contributed by atoms with E-state index >= 15 is 0 Å². The molecule has 3 fully saturated rings. The predicted molar refractivity (Wildman–Crippen MR) is 202 cm³/mol. The summed E-state index contributed by atoms with van der Waals surface area (Å²) in [4.78, 5) is 12.8. The van der Waals surface area contributed by atoms with Crippen molar-refractivity contribution in [3.8, 4) is 0 Å². The summed E-state index contributed by atoms with van der Waals surface area (Å²) in [5.41, 5.74) is 2.52. The Bertz CT molecular complexity index is 950. The Morgan fingerprint density at radius 3 is 2.04 bits per heavy atom. The van der Waals surface area contributed by atoms with Gasteiger partial charge in [-0.2, -0.15) is 0 Å². The molecule has 0 spiro atoms. The summed E-state index contributed by atoms with van der Waals surface area (Å²) >= 11 is 0. The molecule has 0 heterocycles. The molecule has 0 bridgehead atoms. The summed E-state index contributed by atoms with van der Waals surface area (Å²) < 4.78 is 6.14. The van der Waals surface area contributed by atoms with Gasteiger partial charge in [-0.05, 0) is 110 Å². The van der Waals surface area contributed by atoms with E-state index in [1.807, 2.05) is 0 Å². The molecule has 4 aliphatic rings. The van der Waals surface area contributed by atoms with E-state index in [1.54, 1.807) is 5.57 Å². The standard InChI is InChI=1S/C45H80O2/c1-8-10-11-12-13-14-15-16-17-18-19-20-21-22-43(46)47-38-29-31-44(6)37(33-38)25-26-39-41-28-27-40(45(41,7)32-30-42(39)44)35(5)23-24-36(9-2)34(3)4/h25,34-36,38-42H,8-24,26-33H2,1-7H3/t35?,36?,38?,39?,40?,41?,42?,44-,45+/m0/s1. The van der Waals surface area contributed by atoms with Gasteiger partial charge in [-0.25, -0.2) is 0 Å². The Labute approximate surface area is 293 Å². The molecule has 3 saturated carbocycles. The van der Waals surface area contributed by atoms with Crippen LogP contribution in [-0.4, -0.2) is 12.1 Å². The number of ether oxygens (including phenoxy) is 1. The number of rotatable bonds is 21. The van der Waals surface area contributed by atoms with E-state index in [2.05, 4.69) is 54.5 Å². The van der Waals surface area contributed by atoms with E-state index < -0.39 is 0 Å². The third-order valence-corrected chi connectivity index (χ3v) is 15.1. The molecular weight excluding hydrogens is 572 g/mol. The van der Waals surface area contributed by atoms with Gasteiger partial charge >= 0.3 is 5.97 Å². The molecule has 9 atom stereocenters. The lowest BCUT2D eigenvalue weighted by molar-refractivity contribution is -0.151. The van der Waals surface area contributed by atoms with Gasteiger partial charge in [0, 0.05) is 12.8 Å². The highest BCUT2D eigenvalue weighted by Gasteiger charge is 2.59. The third-order valence-electron chi connectivity index (χ3n) is 15.1. The van der Waals surface area contributed by atoms with Crippen molar-refractivity contribution in [3.63, 3.8) is 0 Å². The maximum atomic E-state index is 12.8. The Morgan fingerprint density at radius 1 is 0.787 bits per heavy atom. The lowest BCUT2D eigenvalue weighted by Gasteiger charge is -2.58. The van der Waals surface area contributed by atoms with E-state index in [4.69, 9.17) is 4.74 Å². The highest BCUT2D eigenvalue weighted by Crippen LogP contribution is 2.67. The number of hydrogen-bond acceptors (Lipinski definition) is 2. The highest BCUT2D eigenvalue weighted by molar-refractivity contribution is 5.69. The summed E-state index contributed by atoms with van der Waals surface area (Å²) in [6.07, 6.45) is 35.4. The predicted octanol–water partition coefficient (Wildman–Crippen LogP) is 14.1. The molecule has 4 rings (SSSR count). The Hall–Kier alpha value is -0.790. The minimum atomic E-state index is 0.0640. The van der Waals surface area contributed by atoms with Crippen LogP contribution in [0.15, 0.2) is 11.6 Å². The van der Waals surface area contributed by atoms with Gasteiger partial charge in [0.15, 0.2) is 0 Å². The van der Waals surface area contributed by atoms with Crippen molar-refractivity contribution in [2.45, 2.75) is 215 Å². The van der Waals surface area contributed by atoms with Crippen molar-refractivity contribution in [2.75, 3.05) is 0 Å². The molecule has 0 radical (unpaired) electrons. The first-order valence-corrected chi connectivity index (χ1v) is 21.5. The molecule has 0 aromatic carbocycles. The van der Waals surface area contributed by atoms with Crippen LogP contribution in [0.1, 0.15) is 209 Å². The van der Waals surface area contributed by atoms with Gasteiger partial charge < -0.3 is 4.74 Å². The average Bonchev–Trinajstić information content (AvgIpc) is 3.41. The largest absolute Gasteiger partial charge is 0.462 e. The first-order valence-electron chi connectivity index (χ1n) is 21.5. The van der Waals surface area contributed by atoms with Gasteiger partial charge in [0.25, 0.3) is 0 Å². The molecule has 2 heteroatoms. The van der Waals surface area contributed by atoms with Crippen LogP contribution in [0.25, 0.3) is 0 Å². The van der Waals surface area contributed by atoms with Gasteiger partial charge in [-0.1, -0.05) is 150 Å². The molecule has 2 nitrogen and oxygen atoms in total. The van der Waals surface area contributed by atoms with Crippen molar-refractivity contribution >= 4 is 5.97 Å². The first kappa shape index (κ1) is 39.0. The van der Waals surface area contributed by atoms with Crippen molar-refractivity contribution < 1.29 is 9.53 Å². The zero-order chi connectivity index (χ0) is 33.9. The minimum absolute atomic E-state index is 0.0640. The van der Waals surface area contributed by atoms with Crippen LogP contribution < -0.4 is 0 Å². The van der Waals surface area contributed by atoms with Crippen LogP contribution in [0, 0.1) is 52.3 Å². The van der Waals surface area contributed by atoms with E-state index in [-0.39, 0.29) is 12.1 Å². The monoisotopic (exact) mass is 653 g/mol. The van der Waals surface area contributed by atoms with E-state index in [0.717, 1.165) is 60.7 Å². The van der Waals surface area contributed by atoms with Crippen LogP contribution in [0.4, 0.5) is 0 Å². The number of allylic oxidation sites excluding steroid dienone is 1. The number of unbranched alkanes of at least 4 members (excludes halogenated alkanes) is 12. The molecule has 0 amide bonds. The smallest absolute Gasteiger partial charge is 0.306 e. The molecule has 0 saturated heterocycles. The second-order valence-corrected chi connectivity index (χ2v) is 18.3. The molecule has 47 heavy (non-hydrogen) atoms. The molecule has 0 aliphatic heterocycles. The molecule has 7 unspecified atom stereocenters. The SMILES string of the molecule is CCCCCCCCCCCCCCCC(=O)OC1CC[C@@]2(C)C(=CCC3C4CCC(C(C)CCC(CC)C(C)C)[C@@]4(C)CCC32)C1. The van der Waals surface area contributed by atoms with Crippen LogP contribution >= 0.6 is 0 Å². The quantitative estimate of drug-likeness (QED) is 0.0700. The maximum Gasteiger partial charge on any atom is 0.306 e. The summed E-state index contributed by atoms with van der Waals surface area (Å²) in [6.45, 7) is 17.5. The fraction of sp³-hybridized carbons (Fsp3) is 0.933. The molecular formula is C45H80O2. The molecule has 272 valence electrons. The Morgan fingerprint density at radius 2 is 1.43 bits per heavy atom. The van der Waals surface area contributed by atoms with Gasteiger partial charge in [-0.15, -0.1) is 0 Å². The lowest BCUT2D eigenvalue weighted by Crippen LogP contribution is -2.51. The topological polar surface area (TPSA) is 26.3 Å². The molecule has 0 aromatic rings. The zero-order valence-electron chi connectivity index (χ0n) is 32.7. The highest BCUT2D eigenvalue weighted by atomic mass is 16.5. The molecule has 0 aromatic heterocycles. The number of hydrogen-bond donors (Lipinski definition) is 0. The first-order chi connectivity index (χ1) is 22.6. The van der Waals surface area contributed by atoms with Gasteiger partial charge in [0.2, 0.25) is 0 Å².